The molecule has 0 amide bonds. The van der Waals surface area contributed by atoms with Gasteiger partial charge in [0.05, 0.1) is 17.9 Å². The Morgan fingerprint density at radius 3 is 2.22 bits per heavy atom. The molecule has 0 aliphatic carbocycles. The number of aryl methyl sites for hydroxylation is 1. The SMILES string of the molecule is CC(=O)c1c(C)[nH]c(C(=O)COC(=O)c2ccc(OCC(C)C)cc2)c1C. The van der Waals surface area contributed by atoms with E-state index in [1.54, 1.807) is 38.1 Å². The van der Waals surface area contributed by atoms with Crippen molar-refractivity contribution >= 4 is 17.5 Å². The zero-order chi connectivity index (χ0) is 20.1. The number of ether oxygens (including phenoxy) is 2. The van der Waals surface area contributed by atoms with E-state index in [0.29, 0.717) is 46.4 Å². The summed E-state index contributed by atoms with van der Waals surface area (Å²) in [7, 11) is 0. The van der Waals surface area contributed by atoms with Gasteiger partial charge in [0, 0.05) is 11.3 Å². The first-order valence-electron chi connectivity index (χ1n) is 8.84. The molecule has 0 saturated carbocycles. The number of nitrogens with one attached hydrogen (secondary N) is 1. The molecule has 0 aliphatic rings. The molecule has 1 N–H and O–H groups in total. The van der Waals surface area contributed by atoms with E-state index in [4.69, 9.17) is 9.47 Å². The van der Waals surface area contributed by atoms with Crippen LogP contribution in [0.2, 0.25) is 0 Å². The third kappa shape index (κ3) is 5.06. The van der Waals surface area contributed by atoms with Gasteiger partial charge in [-0.2, -0.15) is 0 Å². The Morgan fingerprint density at radius 1 is 1.07 bits per heavy atom. The van der Waals surface area contributed by atoms with Gasteiger partial charge in [-0.15, -0.1) is 0 Å². The van der Waals surface area contributed by atoms with Gasteiger partial charge in [-0.3, -0.25) is 9.59 Å². The minimum absolute atomic E-state index is 0.114. The van der Waals surface area contributed by atoms with Crippen LogP contribution in [0.15, 0.2) is 24.3 Å². The predicted molar refractivity (Wildman–Crippen MR) is 102 cm³/mol. The molecule has 0 spiro atoms. The smallest absolute Gasteiger partial charge is 0.338 e. The van der Waals surface area contributed by atoms with E-state index in [2.05, 4.69) is 18.8 Å². The minimum atomic E-state index is -0.591. The highest BCUT2D eigenvalue weighted by Crippen LogP contribution is 2.19. The largest absolute Gasteiger partial charge is 0.493 e. The molecule has 2 aromatic rings. The van der Waals surface area contributed by atoms with Crippen LogP contribution >= 0.6 is 0 Å². The van der Waals surface area contributed by atoms with Crippen LogP contribution in [-0.4, -0.2) is 35.7 Å². The molecule has 0 bridgehead atoms. The first-order valence-corrected chi connectivity index (χ1v) is 8.84. The maximum atomic E-state index is 12.4. The number of carbonyl (C=O) groups excluding carboxylic acids is 3. The van der Waals surface area contributed by atoms with Gasteiger partial charge in [-0.25, -0.2) is 4.79 Å². The molecule has 0 fully saturated rings. The highest BCUT2D eigenvalue weighted by Gasteiger charge is 2.21. The van der Waals surface area contributed by atoms with E-state index in [-0.39, 0.29) is 11.6 Å². The first kappa shape index (κ1) is 20.4. The van der Waals surface area contributed by atoms with Gasteiger partial charge < -0.3 is 14.5 Å². The van der Waals surface area contributed by atoms with Crippen LogP contribution in [0.25, 0.3) is 0 Å². The Hall–Kier alpha value is -2.89. The van der Waals surface area contributed by atoms with Crippen molar-refractivity contribution in [3.05, 3.63) is 52.3 Å². The van der Waals surface area contributed by atoms with Gasteiger partial charge in [0.1, 0.15) is 5.75 Å². The van der Waals surface area contributed by atoms with Crippen LogP contribution in [0.3, 0.4) is 0 Å². The lowest BCUT2D eigenvalue weighted by Crippen LogP contribution is -2.15. The number of hydrogen-bond donors (Lipinski definition) is 1. The van der Waals surface area contributed by atoms with Crippen LogP contribution in [0, 0.1) is 19.8 Å². The summed E-state index contributed by atoms with van der Waals surface area (Å²) < 4.78 is 10.7. The average molecular weight is 371 g/mol. The number of rotatable bonds is 8. The van der Waals surface area contributed by atoms with Crippen LogP contribution in [0.4, 0.5) is 0 Å². The number of ketones is 2. The van der Waals surface area contributed by atoms with Gasteiger partial charge in [-0.05, 0) is 56.5 Å². The fourth-order valence-electron chi connectivity index (χ4n) is 2.79. The number of aromatic amines is 1. The van der Waals surface area contributed by atoms with Crippen molar-refractivity contribution in [2.75, 3.05) is 13.2 Å². The standard InChI is InChI=1S/C21H25NO5/c1-12(2)10-26-17-8-6-16(7-9-17)21(25)27-11-18(24)20-13(3)19(15(5)23)14(4)22-20/h6-9,12,22H,10-11H2,1-5H3. The highest BCUT2D eigenvalue weighted by molar-refractivity contribution is 6.04. The van der Waals surface area contributed by atoms with Gasteiger partial charge in [0.25, 0.3) is 0 Å². The van der Waals surface area contributed by atoms with Crippen LogP contribution in [-0.2, 0) is 4.74 Å². The Balaban J connectivity index is 1.98. The van der Waals surface area contributed by atoms with Crippen LogP contribution < -0.4 is 4.74 Å². The van der Waals surface area contributed by atoms with Gasteiger partial charge in [0.2, 0.25) is 5.78 Å². The molecule has 1 aromatic carbocycles. The van der Waals surface area contributed by atoms with E-state index in [9.17, 15) is 14.4 Å². The maximum absolute atomic E-state index is 12.4. The molecule has 144 valence electrons. The summed E-state index contributed by atoms with van der Waals surface area (Å²) in [5.41, 5.74) is 2.34. The molecule has 2 rings (SSSR count). The Labute approximate surface area is 158 Å². The molecule has 0 aliphatic heterocycles. The number of aromatic nitrogens is 1. The summed E-state index contributed by atoms with van der Waals surface area (Å²) >= 11 is 0. The summed E-state index contributed by atoms with van der Waals surface area (Å²) in [4.78, 5) is 39.1. The van der Waals surface area contributed by atoms with Gasteiger partial charge in [-0.1, -0.05) is 13.8 Å². The first-order chi connectivity index (χ1) is 12.7. The summed E-state index contributed by atoms with van der Waals surface area (Å²) in [6, 6.07) is 6.58. The molecule has 0 unspecified atom stereocenters. The normalized spacial score (nSPS) is 10.7. The van der Waals surface area contributed by atoms with E-state index in [1.807, 2.05) is 0 Å². The van der Waals surface area contributed by atoms with Crippen molar-refractivity contribution in [1.29, 1.82) is 0 Å². The summed E-state index contributed by atoms with van der Waals surface area (Å²) in [6.07, 6.45) is 0. The fourth-order valence-corrected chi connectivity index (χ4v) is 2.79. The Kier molecular flexibility index (Phi) is 6.55. The summed E-state index contributed by atoms with van der Waals surface area (Å²) in [5.74, 6) is -0.00767. The number of Topliss-reactive ketones (excluding diaryl/α,β-unsaturated/α-hetero) is 2. The fraction of sp³-hybridized carbons (Fsp3) is 0.381. The lowest BCUT2D eigenvalue weighted by atomic mass is 10.1. The third-order valence-electron chi connectivity index (χ3n) is 4.08. The summed E-state index contributed by atoms with van der Waals surface area (Å²) in [6.45, 7) is 9.18. The topological polar surface area (TPSA) is 85.5 Å². The molecule has 0 radical (unpaired) electrons. The molecule has 1 aromatic heterocycles. The van der Waals surface area contributed by atoms with Gasteiger partial charge >= 0.3 is 5.97 Å². The van der Waals surface area contributed by atoms with E-state index in [1.165, 1.54) is 6.92 Å². The highest BCUT2D eigenvalue weighted by atomic mass is 16.5. The zero-order valence-electron chi connectivity index (χ0n) is 16.3. The number of H-pyrrole nitrogens is 1. The van der Waals surface area contributed by atoms with E-state index < -0.39 is 12.6 Å². The van der Waals surface area contributed by atoms with Crippen molar-refractivity contribution in [2.24, 2.45) is 5.92 Å². The lowest BCUT2D eigenvalue weighted by molar-refractivity contribution is 0.0473. The molecular weight excluding hydrogens is 346 g/mol. The zero-order valence-corrected chi connectivity index (χ0v) is 16.3. The van der Waals surface area contributed by atoms with Crippen LogP contribution in [0.5, 0.6) is 5.75 Å². The minimum Gasteiger partial charge on any atom is -0.493 e. The molecular formula is C21H25NO5. The number of hydrogen-bond acceptors (Lipinski definition) is 5. The number of benzene rings is 1. The predicted octanol–water partition coefficient (Wildman–Crippen LogP) is 3.91. The van der Waals surface area contributed by atoms with E-state index >= 15 is 0 Å². The molecule has 0 saturated heterocycles. The van der Waals surface area contributed by atoms with Crippen molar-refractivity contribution < 1.29 is 23.9 Å². The van der Waals surface area contributed by atoms with E-state index in [0.717, 1.165) is 0 Å². The maximum Gasteiger partial charge on any atom is 0.338 e. The monoisotopic (exact) mass is 371 g/mol. The van der Waals surface area contributed by atoms with Crippen molar-refractivity contribution in [3.63, 3.8) is 0 Å². The third-order valence-corrected chi connectivity index (χ3v) is 4.08. The lowest BCUT2D eigenvalue weighted by Gasteiger charge is -2.09. The molecule has 6 nitrogen and oxygen atoms in total. The Morgan fingerprint density at radius 2 is 1.70 bits per heavy atom. The quantitative estimate of drug-likeness (QED) is 0.562. The van der Waals surface area contributed by atoms with Gasteiger partial charge in [0.15, 0.2) is 12.4 Å². The molecule has 1 heterocycles. The number of esters is 1. The molecule has 6 heteroatoms. The molecule has 0 atom stereocenters. The second kappa shape index (κ2) is 8.66. The van der Waals surface area contributed by atoms with Crippen molar-refractivity contribution in [3.8, 4) is 5.75 Å². The number of carbonyl (C=O) groups is 3. The average Bonchev–Trinajstić information content (AvgIpc) is 2.92. The van der Waals surface area contributed by atoms with Crippen molar-refractivity contribution in [2.45, 2.75) is 34.6 Å². The Bertz CT molecular complexity index is 846. The summed E-state index contributed by atoms with van der Waals surface area (Å²) in [5, 5.41) is 0. The second-order valence-electron chi connectivity index (χ2n) is 6.91. The van der Waals surface area contributed by atoms with Crippen LogP contribution in [0.1, 0.15) is 63.2 Å². The molecule has 27 heavy (non-hydrogen) atoms. The van der Waals surface area contributed by atoms with Crippen molar-refractivity contribution in [1.82, 2.24) is 4.98 Å². The second-order valence-corrected chi connectivity index (χ2v) is 6.91.